The van der Waals surface area contributed by atoms with Crippen molar-refractivity contribution in [3.05, 3.63) is 52.8 Å². The van der Waals surface area contributed by atoms with E-state index in [1.165, 1.54) is 0 Å². The van der Waals surface area contributed by atoms with Crippen molar-refractivity contribution in [1.29, 1.82) is 0 Å². The molecular formula is C14H15N3O. The molecule has 4 nitrogen and oxygen atoms in total. The van der Waals surface area contributed by atoms with Gasteiger partial charge in [0.15, 0.2) is 5.69 Å². The van der Waals surface area contributed by atoms with E-state index < -0.39 is 0 Å². The maximum atomic E-state index is 12.0. The number of hydrogen-bond acceptors (Lipinski definition) is 2. The highest BCUT2D eigenvalue weighted by atomic mass is 16.1. The van der Waals surface area contributed by atoms with Gasteiger partial charge in [0.2, 0.25) is 0 Å². The number of aromatic amines is 1. The Balaban J connectivity index is 1.68. The van der Waals surface area contributed by atoms with Crippen LogP contribution in [0.2, 0.25) is 0 Å². The number of aromatic nitrogens is 2. The molecule has 1 amide bonds. The van der Waals surface area contributed by atoms with Crippen LogP contribution in [-0.2, 0) is 19.4 Å². The van der Waals surface area contributed by atoms with Gasteiger partial charge in [-0.3, -0.25) is 9.89 Å². The van der Waals surface area contributed by atoms with Gasteiger partial charge >= 0.3 is 0 Å². The first kappa shape index (κ1) is 11.0. The minimum Gasteiger partial charge on any atom is -0.347 e. The minimum absolute atomic E-state index is 0.0850. The summed E-state index contributed by atoms with van der Waals surface area (Å²) in [5, 5.41) is 9.98. The molecule has 18 heavy (non-hydrogen) atoms. The van der Waals surface area contributed by atoms with Crippen molar-refractivity contribution >= 4 is 5.91 Å². The van der Waals surface area contributed by atoms with Gasteiger partial charge in [-0.2, -0.15) is 5.10 Å². The molecule has 1 aliphatic carbocycles. The summed E-state index contributed by atoms with van der Waals surface area (Å²) in [4.78, 5) is 12.0. The van der Waals surface area contributed by atoms with Crippen molar-refractivity contribution in [2.24, 2.45) is 0 Å². The molecule has 92 valence electrons. The van der Waals surface area contributed by atoms with Gasteiger partial charge in [0, 0.05) is 17.8 Å². The molecule has 1 aromatic carbocycles. The van der Waals surface area contributed by atoms with Gasteiger partial charge < -0.3 is 5.32 Å². The van der Waals surface area contributed by atoms with Crippen LogP contribution in [0.1, 0.15) is 33.7 Å². The van der Waals surface area contributed by atoms with E-state index in [1.807, 2.05) is 30.3 Å². The monoisotopic (exact) mass is 241 g/mol. The molecule has 0 spiro atoms. The molecule has 0 bridgehead atoms. The van der Waals surface area contributed by atoms with E-state index in [1.54, 1.807) is 0 Å². The maximum Gasteiger partial charge on any atom is 0.272 e. The number of amides is 1. The van der Waals surface area contributed by atoms with Crippen molar-refractivity contribution in [3.8, 4) is 0 Å². The molecule has 2 N–H and O–H groups in total. The number of nitrogens with one attached hydrogen (secondary N) is 2. The quantitative estimate of drug-likeness (QED) is 0.861. The van der Waals surface area contributed by atoms with Gasteiger partial charge in [0.05, 0.1) is 0 Å². The minimum atomic E-state index is -0.0850. The average Bonchev–Trinajstić information content (AvgIpc) is 2.99. The second-order valence-corrected chi connectivity index (χ2v) is 4.55. The standard InChI is InChI=1S/C14H15N3O/c18-14(15-9-10-5-2-1-3-6-10)13-11-7-4-8-12(11)16-17-13/h1-3,5-6H,4,7-9H2,(H,15,18)(H,16,17). The predicted octanol–water partition coefficient (Wildman–Crippen LogP) is 1.83. The second-order valence-electron chi connectivity index (χ2n) is 4.55. The Morgan fingerprint density at radius 2 is 2.11 bits per heavy atom. The van der Waals surface area contributed by atoms with E-state index >= 15 is 0 Å². The number of carbonyl (C=O) groups is 1. The Hall–Kier alpha value is -2.10. The summed E-state index contributed by atoms with van der Waals surface area (Å²) in [6, 6.07) is 9.89. The first-order valence-corrected chi connectivity index (χ1v) is 6.23. The molecule has 1 aromatic heterocycles. The molecule has 0 saturated heterocycles. The van der Waals surface area contributed by atoms with Crippen molar-refractivity contribution in [3.63, 3.8) is 0 Å². The van der Waals surface area contributed by atoms with E-state index in [9.17, 15) is 4.79 Å². The number of carbonyl (C=O) groups excluding carboxylic acids is 1. The average molecular weight is 241 g/mol. The van der Waals surface area contributed by atoms with E-state index in [-0.39, 0.29) is 5.91 Å². The molecule has 0 aliphatic heterocycles. The Labute approximate surface area is 105 Å². The molecule has 0 unspecified atom stereocenters. The third-order valence-electron chi connectivity index (χ3n) is 3.32. The van der Waals surface area contributed by atoms with Crippen LogP contribution in [0.25, 0.3) is 0 Å². The summed E-state index contributed by atoms with van der Waals surface area (Å²) in [6.45, 7) is 0.543. The molecule has 0 radical (unpaired) electrons. The van der Waals surface area contributed by atoms with Crippen molar-refractivity contribution in [1.82, 2.24) is 15.5 Å². The van der Waals surface area contributed by atoms with Crippen LogP contribution in [0.3, 0.4) is 0 Å². The highest BCUT2D eigenvalue weighted by Crippen LogP contribution is 2.22. The zero-order valence-corrected chi connectivity index (χ0v) is 10.1. The van der Waals surface area contributed by atoms with E-state index in [4.69, 9.17) is 0 Å². The highest BCUT2D eigenvalue weighted by molar-refractivity contribution is 5.94. The zero-order valence-electron chi connectivity index (χ0n) is 10.1. The lowest BCUT2D eigenvalue weighted by Crippen LogP contribution is -2.24. The summed E-state index contributed by atoms with van der Waals surface area (Å²) >= 11 is 0. The second kappa shape index (κ2) is 4.64. The number of fused-ring (bicyclic) bond motifs is 1. The summed E-state index contributed by atoms with van der Waals surface area (Å²) in [7, 11) is 0. The van der Waals surface area contributed by atoms with Crippen LogP contribution in [0.4, 0.5) is 0 Å². The summed E-state index contributed by atoms with van der Waals surface area (Å²) in [6.07, 6.45) is 3.08. The Kier molecular flexibility index (Phi) is 2.84. The molecule has 0 saturated carbocycles. The van der Waals surface area contributed by atoms with Crippen LogP contribution in [0.15, 0.2) is 30.3 Å². The Bertz CT molecular complexity index is 560. The third kappa shape index (κ3) is 2.01. The molecule has 0 fully saturated rings. The van der Waals surface area contributed by atoms with Gasteiger partial charge in [-0.25, -0.2) is 0 Å². The lowest BCUT2D eigenvalue weighted by molar-refractivity contribution is 0.0945. The molecule has 0 atom stereocenters. The van der Waals surface area contributed by atoms with Gasteiger partial charge in [0.1, 0.15) is 0 Å². The number of aryl methyl sites for hydroxylation is 1. The normalized spacial score (nSPS) is 13.3. The zero-order chi connectivity index (χ0) is 12.4. The Morgan fingerprint density at radius 3 is 2.94 bits per heavy atom. The van der Waals surface area contributed by atoms with Crippen LogP contribution in [0, 0.1) is 0 Å². The van der Waals surface area contributed by atoms with Crippen molar-refractivity contribution < 1.29 is 4.79 Å². The largest absolute Gasteiger partial charge is 0.347 e. The predicted molar refractivity (Wildman–Crippen MR) is 68.2 cm³/mol. The molecule has 4 heteroatoms. The van der Waals surface area contributed by atoms with Crippen LogP contribution in [-0.4, -0.2) is 16.1 Å². The third-order valence-corrected chi connectivity index (χ3v) is 3.32. The smallest absolute Gasteiger partial charge is 0.272 e. The lowest BCUT2D eigenvalue weighted by atomic mass is 10.2. The topological polar surface area (TPSA) is 57.8 Å². The fraction of sp³-hybridized carbons (Fsp3) is 0.286. The Morgan fingerprint density at radius 1 is 1.28 bits per heavy atom. The molecule has 3 rings (SSSR count). The number of benzene rings is 1. The maximum absolute atomic E-state index is 12.0. The molecule has 1 heterocycles. The van der Waals surface area contributed by atoms with Gasteiger partial charge in [-0.05, 0) is 24.8 Å². The van der Waals surface area contributed by atoms with Crippen molar-refractivity contribution in [2.75, 3.05) is 0 Å². The van der Waals surface area contributed by atoms with Gasteiger partial charge in [0.25, 0.3) is 5.91 Å². The number of nitrogens with zero attached hydrogens (tertiary/aromatic N) is 1. The molecule has 2 aromatic rings. The lowest BCUT2D eigenvalue weighted by Gasteiger charge is -2.04. The fourth-order valence-electron chi connectivity index (χ4n) is 2.37. The summed E-state index contributed by atoms with van der Waals surface area (Å²) in [5.41, 5.74) is 3.89. The SMILES string of the molecule is O=C(NCc1ccccc1)c1n[nH]c2c1CCC2. The van der Waals surface area contributed by atoms with E-state index in [2.05, 4.69) is 15.5 Å². The first-order valence-electron chi connectivity index (χ1n) is 6.23. The summed E-state index contributed by atoms with van der Waals surface area (Å²) in [5.74, 6) is -0.0850. The van der Waals surface area contributed by atoms with Crippen LogP contribution < -0.4 is 5.32 Å². The van der Waals surface area contributed by atoms with Gasteiger partial charge in [-0.1, -0.05) is 30.3 Å². The van der Waals surface area contributed by atoms with Crippen LogP contribution >= 0.6 is 0 Å². The van der Waals surface area contributed by atoms with Gasteiger partial charge in [-0.15, -0.1) is 0 Å². The van der Waals surface area contributed by atoms with Crippen molar-refractivity contribution in [2.45, 2.75) is 25.8 Å². The summed E-state index contributed by atoms with van der Waals surface area (Å²) < 4.78 is 0. The highest BCUT2D eigenvalue weighted by Gasteiger charge is 2.22. The number of rotatable bonds is 3. The number of hydrogen-bond donors (Lipinski definition) is 2. The molecular weight excluding hydrogens is 226 g/mol. The first-order chi connectivity index (χ1) is 8.84. The number of H-pyrrole nitrogens is 1. The molecule has 1 aliphatic rings. The van der Waals surface area contributed by atoms with Crippen LogP contribution in [0.5, 0.6) is 0 Å². The fourth-order valence-corrected chi connectivity index (χ4v) is 2.37. The van der Waals surface area contributed by atoms with E-state index in [0.717, 1.165) is 36.1 Å². The van der Waals surface area contributed by atoms with E-state index in [0.29, 0.717) is 12.2 Å².